The molecule has 0 radical (unpaired) electrons. The van der Waals surface area contributed by atoms with Gasteiger partial charge >= 0.3 is 0 Å². The fourth-order valence-corrected chi connectivity index (χ4v) is 4.52. The first-order valence-electron chi connectivity index (χ1n) is 10.8. The molecule has 1 atom stereocenters. The quantitative estimate of drug-likeness (QED) is 0.706. The number of aromatic amines is 1. The summed E-state index contributed by atoms with van der Waals surface area (Å²) >= 11 is 0. The highest BCUT2D eigenvalue weighted by molar-refractivity contribution is 5.98. The molecule has 5 rings (SSSR count). The summed E-state index contributed by atoms with van der Waals surface area (Å²) in [6.45, 7) is 4.21. The first-order valence-corrected chi connectivity index (χ1v) is 10.8. The zero-order valence-electron chi connectivity index (χ0n) is 17.6. The minimum Gasteiger partial charge on any atom is -0.470 e. The summed E-state index contributed by atoms with van der Waals surface area (Å²) in [4.78, 5) is 36.0. The third kappa shape index (κ3) is 3.87. The molecule has 4 heterocycles. The van der Waals surface area contributed by atoms with Gasteiger partial charge in [-0.25, -0.2) is 4.98 Å². The number of ether oxygens (including phenoxy) is 1. The largest absolute Gasteiger partial charge is 0.470 e. The number of nitrogens with one attached hydrogen (secondary N) is 1. The van der Waals surface area contributed by atoms with Crippen molar-refractivity contribution in [3.63, 3.8) is 0 Å². The van der Waals surface area contributed by atoms with Crippen LogP contribution in [-0.2, 0) is 4.79 Å². The smallest absolute Gasteiger partial charge is 0.270 e. The number of amides is 2. The fourth-order valence-electron chi connectivity index (χ4n) is 4.52. The van der Waals surface area contributed by atoms with Crippen molar-refractivity contribution >= 4 is 22.7 Å². The molecule has 0 aliphatic carbocycles. The van der Waals surface area contributed by atoms with E-state index >= 15 is 0 Å². The highest BCUT2D eigenvalue weighted by atomic mass is 16.5. The summed E-state index contributed by atoms with van der Waals surface area (Å²) < 4.78 is 6.19. The Morgan fingerprint density at radius 3 is 2.74 bits per heavy atom. The predicted molar refractivity (Wildman–Crippen MR) is 117 cm³/mol. The van der Waals surface area contributed by atoms with E-state index in [1.807, 2.05) is 47.4 Å². The lowest BCUT2D eigenvalue weighted by atomic mass is 9.91. The number of fused-ring (bicyclic) bond motifs is 1. The molecule has 0 spiro atoms. The minimum absolute atomic E-state index is 0.0123. The van der Waals surface area contributed by atoms with E-state index in [1.54, 1.807) is 18.0 Å². The molecule has 7 heteroatoms. The van der Waals surface area contributed by atoms with Gasteiger partial charge in [0.2, 0.25) is 11.8 Å². The van der Waals surface area contributed by atoms with Crippen molar-refractivity contribution in [2.45, 2.75) is 31.8 Å². The number of piperidine rings is 1. The van der Waals surface area contributed by atoms with Gasteiger partial charge in [-0.05, 0) is 31.0 Å². The summed E-state index contributed by atoms with van der Waals surface area (Å²) in [6, 6.07) is 13.7. The molecule has 2 aromatic heterocycles. The van der Waals surface area contributed by atoms with Gasteiger partial charge in [0, 0.05) is 48.6 Å². The number of hydrogen-bond donors (Lipinski definition) is 1. The molecular formula is C24H26N4O3. The van der Waals surface area contributed by atoms with Gasteiger partial charge in [-0.2, -0.15) is 0 Å². The zero-order valence-corrected chi connectivity index (χ0v) is 17.6. The van der Waals surface area contributed by atoms with Gasteiger partial charge in [0.15, 0.2) is 0 Å². The van der Waals surface area contributed by atoms with Crippen LogP contribution in [0.4, 0.5) is 0 Å². The van der Waals surface area contributed by atoms with Crippen LogP contribution >= 0.6 is 0 Å². The molecule has 1 aromatic carbocycles. The molecule has 160 valence electrons. The lowest BCUT2D eigenvalue weighted by molar-refractivity contribution is -0.130. The lowest BCUT2D eigenvalue weighted by Crippen LogP contribution is -2.56. The van der Waals surface area contributed by atoms with E-state index in [0.717, 1.165) is 35.9 Å². The number of nitrogens with zero attached hydrogens (tertiary/aromatic N) is 3. The van der Waals surface area contributed by atoms with E-state index in [2.05, 4.69) is 9.97 Å². The van der Waals surface area contributed by atoms with Crippen molar-refractivity contribution in [3.05, 3.63) is 59.9 Å². The first kappa shape index (κ1) is 19.6. The van der Waals surface area contributed by atoms with Crippen molar-refractivity contribution in [2.75, 3.05) is 26.2 Å². The molecule has 2 fully saturated rings. The molecule has 1 unspecified atom stereocenters. The van der Waals surface area contributed by atoms with Crippen LogP contribution in [0.2, 0.25) is 0 Å². The number of pyridine rings is 1. The van der Waals surface area contributed by atoms with Crippen molar-refractivity contribution in [2.24, 2.45) is 0 Å². The van der Waals surface area contributed by atoms with Crippen molar-refractivity contribution < 1.29 is 14.3 Å². The van der Waals surface area contributed by atoms with Crippen LogP contribution in [0.1, 0.15) is 41.7 Å². The van der Waals surface area contributed by atoms with Crippen molar-refractivity contribution in [1.82, 2.24) is 19.8 Å². The normalized spacial score (nSPS) is 19.3. The number of rotatable bonds is 4. The van der Waals surface area contributed by atoms with Crippen LogP contribution < -0.4 is 4.74 Å². The molecular weight excluding hydrogens is 392 g/mol. The monoisotopic (exact) mass is 418 g/mol. The summed E-state index contributed by atoms with van der Waals surface area (Å²) in [7, 11) is 0. The van der Waals surface area contributed by atoms with Crippen LogP contribution in [0.5, 0.6) is 5.88 Å². The van der Waals surface area contributed by atoms with Crippen LogP contribution in [0.25, 0.3) is 10.9 Å². The maximum Gasteiger partial charge on any atom is 0.270 e. The number of benzene rings is 1. The van der Waals surface area contributed by atoms with E-state index in [4.69, 9.17) is 4.74 Å². The Hall–Kier alpha value is -3.35. The number of likely N-dealkylation sites (tertiary alicyclic amines) is 2. The molecule has 1 N–H and O–H groups in total. The number of hydrogen-bond acceptors (Lipinski definition) is 4. The minimum atomic E-state index is -0.0746. The second kappa shape index (κ2) is 8.06. The molecule has 0 saturated carbocycles. The van der Waals surface area contributed by atoms with Crippen LogP contribution in [0.15, 0.2) is 48.7 Å². The molecule has 2 aliphatic rings. The Labute approximate surface area is 181 Å². The SMILES string of the molecule is CC(=O)N1CCCC(c2cccnc2OC2CN(C(=O)c3cc4ccccc4[nH]3)C2)C1. The van der Waals surface area contributed by atoms with Crippen molar-refractivity contribution in [3.8, 4) is 5.88 Å². The Bertz CT molecular complexity index is 1090. The molecule has 0 bridgehead atoms. The second-order valence-electron chi connectivity index (χ2n) is 8.42. The Balaban J connectivity index is 1.23. The van der Waals surface area contributed by atoms with E-state index in [-0.39, 0.29) is 23.8 Å². The highest BCUT2D eigenvalue weighted by Gasteiger charge is 2.35. The van der Waals surface area contributed by atoms with Crippen LogP contribution in [-0.4, -0.2) is 63.9 Å². The fraction of sp³-hybridized carbons (Fsp3) is 0.375. The van der Waals surface area contributed by atoms with Gasteiger partial charge in [0.25, 0.3) is 5.91 Å². The van der Waals surface area contributed by atoms with Gasteiger partial charge < -0.3 is 19.5 Å². The van der Waals surface area contributed by atoms with Gasteiger partial charge in [-0.1, -0.05) is 24.3 Å². The Kier molecular flexibility index (Phi) is 5.10. The maximum absolute atomic E-state index is 12.8. The Morgan fingerprint density at radius 2 is 1.94 bits per heavy atom. The van der Waals surface area contributed by atoms with E-state index < -0.39 is 0 Å². The molecule has 2 aliphatic heterocycles. The summed E-state index contributed by atoms with van der Waals surface area (Å²) in [6.07, 6.45) is 3.65. The average molecular weight is 418 g/mol. The second-order valence-corrected chi connectivity index (χ2v) is 8.42. The first-order chi connectivity index (χ1) is 15.1. The highest BCUT2D eigenvalue weighted by Crippen LogP contribution is 2.33. The number of H-pyrrole nitrogens is 1. The van der Waals surface area contributed by atoms with Crippen molar-refractivity contribution in [1.29, 1.82) is 0 Å². The zero-order chi connectivity index (χ0) is 21.4. The van der Waals surface area contributed by atoms with Gasteiger partial charge in [-0.15, -0.1) is 0 Å². The lowest BCUT2D eigenvalue weighted by Gasteiger charge is -2.39. The number of carbonyl (C=O) groups excluding carboxylic acids is 2. The number of aromatic nitrogens is 2. The van der Waals surface area contributed by atoms with Gasteiger partial charge in [-0.3, -0.25) is 9.59 Å². The third-order valence-corrected chi connectivity index (χ3v) is 6.28. The number of carbonyl (C=O) groups is 2. The maximum atomic E-state index is 12.8. The van der Waals surface area contributed by atoms with E-state index in [1.165, 1.54) is 0 Å². The predicted octanol–water partition coefficient (Wildman–Crippen LogP) is 3.19. The van der Waals surface area contributed by atoms with Crippen LogP contribution in [0.3, 0.4) is 0 Å². The van der Waals surface area contributed by atoms with Gasteiger partial charge in [0.1, 0.15) is 11.8 Å². The molecule has 2 amide bonds. The third-order valence-electron chi connectivity index (χ3n) is 6.28. The molecule has 3 aromatic rings. The number of para-hydroxylation sites is 1. The van der Waals surface area contributed by atoms with Gasteiger partial charge in [0.05, 0.1) is 13.1 Å². The summed E-state index contributed by atoms with van der Waals surface area (Å²) in [5.41, 5.74) is 2.61. The average Bonchev–Trinajstić information content (AvgIpc) is 3.20. The Morgan fingerprint density at radius 1 is 1.10 bits per heavy atom. The summed E-state index contributed by atoms with van der Waals surface area (Å²) in [5, 5.41) is 1.03. The topological polar surface area (TPSA) is 78.5 Å². The standard InChI is InChI=1S/C24H26N4O3/c1-16(29)27-11-5-7-18(13-27)20-8-4-10-25-23(20)31-19-14-28(15-19)24(30)22-12-17-6-2-3-9-21(17)26-22/h2-4,6,8-10,12,18-19,26H,5,7,11,13-15H2,1H3. The van der Waals surface area contributed by atoms with Crippen LogP contribution in [0, 0.1) is 0 Å². The molecule has 2 saturated heterocycles. The molecule has 7 nitrogen and oxygen atoms in total. The molecule has 31 heavy (non-hydrogen) atoms. The van der Waals surface area contributed by atoms with E-state index in [0.29, 0.717) is 31.2 Å². The summed E-state index contributed by atoms with van der Waals surface area (Å²) in [5.74, 6) is 0.953. The van der Waals surface area contributed by atoms with E-state index in [9.17, 15) is 9.59 Å².